The van der Waals surface area contributed by atoms with E-state index in [2.05, 4.69) is 24.8 Å². The Balaban J connectivity index is 2.00. The zero-order valence-corrected chi connectivity index (χ0v) is 10.8. The van der Waals surface area contributed by atoms with Crippen LogP contribution in [0.5, 0.6) is 0 Å². The molecule has 0 aliphatic carbocycles. The molecule has 15 heavy (non-hydrogen) atoms. The van der Waals surface area contributed by atoms with E-state index in [9.17, 15) is 0 Å². The minimum atomic E-state index is 0.107. The summed E-state index contributed by atoms with van der Waals surface area (Å²) in [6.07, 6.45) is 4.41. The van der Waals surface area contributed by atoms with E-state index in [1.54, 1.807) is 0 Å². The average molecular weight is 245 g/mol. The Hall–Kier alpha value is 0.200. The fourth-order valence-corrected chi connectivity index (χ4v) is 5.26. The zero-order valence-electron chi connectivity index (χ0n) is 9.15. The molecule has 0 spiro atoms. The normalized spacial score (nSPS) is 33.3. The van der Waals surface area contributed by atoms with E-state index in [1.807, 2.05) is 11.8 Å². The summed E-state index contributed by atoms with van der Waals surface area (Å²) in [5, 5.41) is 1.24. The lowest BCUT2D eigenvalue weighted by Crippen LogP contribution is -2.43. The van der Waals surface area contributed by atoms with Crippen LogP contribution in [0.15, 0.2) is 11.8 Å². The van der Waals surface area contributed by atoms with Crippen LogP contribution in [-0.2, 0) is 4.74 Å². The third-order valence-electron chi connectivity index (χ3n) is 2.91. The molecule has 0 aromatic rings. The van der Waals surface area contributed by atoms with Crippen molar-refractivity contribution in [2.24, 2.45) is 5.73 Å². The van der Waals surface area contributed by atoms with Crippen molar-refractivity contribution in [3.63, 3.8) is 0 Å². The topological polar surface area (TPSA) is 35.2 Å². The summed E-state index contributed by atoms with van der Waals surface area (Å²) in [6.45, 7) is 3.08. The van der Waals surface area contributed by atoms with Gasteiger partial charge in [0.05, 0.1) is 12.6 Å². The minimum absolute atomic E-state index is 0.107. The third kappa shape index (κ3) is 2.66. The molecule has 0 aromatic heterocycles. The molecule has 86 valence electrons. The second-order valence-electron chi connectivity index (χ2n) is 3.92. The largest absolute Gasteiger partial charge is 0.496 e. The third-order valence-corrected chi connectivity index (χ3v) is 6.28. The molecule has 0 radical (unpaired) electrons. The highest BCUT2D eigenvalue weighted by atomic mass is 32.2. The van der Waals surface area contributed by atoms with Crippen molar-refractivity contribution >= 4 is 23.5 Å². The molecule has 2 aliphatic rings. The predicted octanol–water partition coefficient (Wildman–Crippen LogP) is 2.25. The van der Waals surface area contributed by atoms with E-state index < -0.39 is 0 Å². The molecule has 1 fully saturated rings. The van der Waals surface area contributed by atoms with Gasteiger partial charge in [-0.05, 0) is 12.5 Å². The summed E-state index contributed by atoms with van der Waals surface area (Å²) < 4.78 is 5.57. The monoisotopic (exact) mass is 245 g/mol. The Labute approximate surface area is 100 Å². The minimum Gasteiger partial charge on any atom is -0.496 e. The van der Waals surface area contributed by atoms with Crippen molar-refractivity contribution in [3.05, 3.63) is 11.8 Å². The SMILES string of the molecule is CCC1SCCSC1C(N)C1=CCCO1. The standard InChI is InChI=1S/C11H19NOS2/c1-2-9-11(15-7-6-14-9)10(12)8-4-3-5-13-8/h4,9-11H,2-3,5-7,12H2,1H3. The van der Waals surface area contributed by atoms with Gasteiger partial charge >= 0.3 is 0 Å². The maximum Gasteiger partial charge on any atom is 0.110 e. The highest BCUT2D eigenvalue weighted by Crippen LogP contribution is 2.36. The first-order valence-electron chi connectivity index (χ1n) is 5.64. The molecule has 0 bridgehead atoms. The fraction of sp³-hybridized carbons (Fsp3) is 0.818. The van der Waals surface area contributed by atoms with Crippen LogP contribution >= 0.6 is 23.5 Å². The van der Waals surface area contributed by atoms with Gasteiger partial charge in [-0.1, -0.05) is 6.92 Å². The molecule has 2 nitrogen and oxygen atoms in total. The molecule has 2 N–H and O–H groups in total. The Morgan fingerprint density at radius 1 is 1.53 bits per heavy atom. The first-order valence-corrected chi connectivity index (χ1v) is 7.74. The quantitative estimate of drug-likeness (QED) is 0.827. The van der Waals surface area contributed by atoms with Crippen molar-refractivity contribution in [1.82, 2.24) is 0 Å². The van der Waals surface area contributed by atoms with Crippen LogP contribution in [-0.4, -0.2) is 34.7 Å². The molecule has 0 aromatic carbocycles. The van der Waals surface area contributed by atoms with Gasteiger partial charge in [-0.2, -0.15) is 23.5 Å². The van der Waals surface area contributed by atoms with Crippen molar-refractivity contribution in [2.75, 3.05) is 18.1 Å². The average Bonchev–Trinajstić information content (AvgIpc) is 2.81. The van der Waals surface area contributed by atoms with Gasteiger partial charge in [0.1, 0.15) is 5.76 Å². The molecular formula is C11H19NOS2. The second kappa shape index (κ2) is 5.51. The van der Waals surface area contributed by atoms with Gasteiger partial charge in [-0.3, -0.25) is 0 Å². The smallest absolute Gasteiger partial charge is 0.110 e. The van der Waals surface area contributed by atoms with Crippen molar-refractivity contribution < 1.29 is 4.74 Å². The molecule has 2 rings (SSSR count). The lowest BCUT2D eigenvalue weighted by molar-refractivity contribution is 0.223. The lowest BCUT2D eigenvalue weighted by atomic mass is 10.1. The van der Waals surface area contributed by atoms with Crippen molar-refractivity contribution in [2.45, 2.75) is 36.3 Å². The van der Waals surface area contributed by atoms with Gasteiger partial charge in [0.25, 0.3) is 0 Å². The van der Waals surface area contributed by atoms with E-state index in [1.165, 1.54) is 17.9 Å². The highest BCUT2D eigenvalue weighted by Gasteiger charge is 2.33. The summed E-state index contributed by atoms with van der Waals surface area (Å²) in [7, 11) is 0. The highest BCUT2D eigenvalue weighted by molar-refractivity contribution is 8.07. The first-order chi connectivity index (χ1) is 7.33. The Morgan fingerprint density at radius 2 is 2.33 bits per heavy atom. The fourth-order valence-electron chi connectivity index (χ4n) is 2.10. The maximum absolute atomic E-state index is 6.29. The number of thioether (sulfide) groups is 2. The Kier molecular flexibility index (Phi) is 4.29. The number of rotatable bonds is 3. The number of nitrogens with two attached hydrogens (primary N) is 1. The summed E-state index contributed by atoms with van der Waals surface area (Å²) in [6, 6.07) is 0.107. The van der Waals surface area contributed by atoms with Crippen LogP contribution in [0.25, 0.3) is 0 Å². The van der Waals surface area contributed by atoms with E-state index in [0.717, 1.165) is 18.8 Å². The lowest BCUT2D eigenvalue weighted by Gasteiger charge is -2.34. The number of ether oxygens (including phenoxy) is 1. The van der Waals surface area contributed by atoms with Crippen LogP contribution in [0.2, 0.25) is 0 Å². The molecule has 1 saturated heterocycles. The van der Waals surface area contributed by atoms with Gasteiger partial charge in [0.15, 0.2) is 0 Å². The van der Waals surface area contributed by atoms with E-state index in [0.29, 0.717) is 10.5 Å². The Morgan fingerprint density at radius 3 is 3.00 bits per heavy atom. The molecule has 0 amide bonds. The molecule has 2 aliphatic heterocycles. The number of hydrogen-bond donors (Lipinski definition) is 1. The summed E-state index contributed by atoms with van der Waals surface area (Å²) in [5.74, 6) is 3.53. The zero-order chi connectivity index (χ0) is 10.7. The van der Waals surface area contributed by atoms with Crippen LogP contribution in [0.1, 0.15) is 19.8 Å². The van der Waals surface area contributed by atoms with E-state index in [4.69, 9.17) is 10.5 Å². The first kappa shape index (κ1) is 11.7. The molecule has 2 heterocycles. The predicted molar refractivity (Wildman–Crippen MR) is 69.4 cm³/mol. The summed E-state index contributed by atoms with van der Waals surface area (Å²) >= 11 is 4.10. The van der Waals surface area contributed by atoms with E-state index in [-0.39, 0.29) is 6.04 Å². The van der Waals surface area contributed by atoms with Gasteiger partial charge in [-0.25, -0.2) is 0 Å². The van der Waals surface area contributed by atoms with Crippen LogP contribution in [0.4, 0.5) is 0 Å². The molecule has 3 unspecified atom stereocenters. The molecular weight excluding hydrogens is 226 g/mol. The van der Waals surface area contributed by atoms with Gasteiger partial charge < -0.3 is 10.5 Å². The molecule has 3 atom stereocenters. The van der Waals surface area contributed by atoms with Gasteiger partial charge in [0.2, 0.25) is 0 Å². The summed E-state index contributed by atoms with van der Waals surface area (Å²) in [5.41, 5.74) is 6.29. The van der Waals surface area contributed by atoms with Crippen molar-refractivity contribution in [1.29, 1.82) is 0 Å². The molecule has 4 heteroatoms. The van der Waals surface area contributed by atoms with Crippen LogP contribution < -0.4 is 5.73 Å². The van der Waals surface area contributed by atoms with Crippen LogP contribution in [0, 0.1) is 0 Å². The Bertz CT molecular complexity index is 245. The van der Waals surface area contributed by atoms with E-state index >= 15 is 0 Å². The maximum atomic E-state index is 6.29. The summed E-state index contributed by atoms with van der Waals surface area (Å²) in [4.78, 5) is 0. The number of hydrogen-bond acceptors (Lipinski definition) is 4. The second-order valence-corrected chi connectivity index (χ2v) is 6.56. The molecule has 0 saturated carbocycles. The van der Waals surface area contributed by atoms with Crippen molar-refractivity contribution in [3.8, 4) is 0 Å². The van der Waals surface area contributed by atoms with Gasteiger partial charge in [-0.15, -0.1) is 0 Å². The van der Waals surface area contributed by atoms with Crippen LogP contribution in [0.3, 0.4) is 0 Å². The van der Waals surface area contributed by atoms with Gasteiger partial charge in [0, 0.05) is 28.4 Å².